The third-order valence-electron chi connectivity index (χ3n) is 3.00. The largest absolute Gasteiger partial charge is 0.379 e. The van der Waals surface area contributed by atoms with Gasteiger partial charge in [0.15, 0.2) is 0 Å². The van der Waals surface area contributed by atoms with Crippen molar-refractivity contribution in [3.63, 3.8) is 0 Å². The van der Waals surface area contributed by atoms with Gasteiger partial charge in [0.05, 0.1) is 0 Å². The second-order valence-electron chi connectivity index (χ2n) is 4.21. The Morgan fingerprint density at radius 3 is 3.07 bits per heavy atom. The summed E-state index contributed by atoms with van der Waals surface area (Å²) in [5.74, 6) is 0.648. The van der Waals surface area contributed by atoms with Gasteiger partial charge in [-0.2, -0.15) is 0 Å². The van der Waals surface area contributed by atoms with Gasteiger partial charge in [0.25, 0.3) is 0 Å². The topological polar surface area (TPSA) is 33.1 Å². The van der Waals surface area contributed by atoms with Crippen molar-refractivity contribution in [2.75, 3.05) is 0 Å². The minimum absolute atomic E-state index is 0.648. The summed E-state index contributed by atoms with van der Waals surface area (Å²) in [6.07, 6.45) is 10.2. The van der Waals surface area contributed by atoms with Crippen molar-refractivity contribution >= 4 is 11.3 Å². The molecule has 0 spiro atoms. The lowest BCUT2D eigenvalue weighted by molar-refractivity contribution is 0.0654. The van der Waals surface area contributed by atoms with E-state index < -0.39 is 5.60 Å². The fourth-order valence-corrected chi connectivity index (χ4v) is 2.85. The number of hydrogen-bond acceptors (Lipinski definition) is 3. The molecule has 1 aliphatic rings. The molecule has 0 saturated heterocycles. The van der Waals surface area contributed by atoms with Gasteiger partial charge in [0.1, 0.15) is 10.6 Å². The first-order chi connectivity index (χ1) is 7.24. The fourth-order valence-electron chi connectivity index (χ4n) is 2.11. The Morgan fingerprint density at radius 2 is 2.53 bits per heavy atom. The standard InChI is InChI=1S/C12H17NOS/c1-2-3-10-4-6-12(14,7-5-10)11-13-8-9-15-11/h4,6,8-10,14H,2-3,5,7H2,1H3. The molecule has 2 rings (SSSR count). The summed E-state index contributed by atoms with van der Waals surface area (Å²) in [6.45, 7) is 2.20. The third-order valence-corrected chi connectivity index (χ3v) is 3.94. The quantitative estimate of drug-likeness (QED) is 0.799. The van der Waals surface area contributed by atoms with Gasteiger partial charge in [0, 0.05) is 11.6 Å². The molecule has 1 N–H and O–H groups in total. The summed E-state index contributed by atoms with van der Waals surface area (Å²) >= 11 is 1.53. The van der Waals surface area contributed by atoms with E-state index in [9.17, 15) is 5.11 Å². The molecule has 2 unspecified atom stereocenters. The predicted octanol–water partition coefficient (Wildman–Crippen LogP) is 3.10. The van der Waals surface area contributed by atoms with Gasteiger partial charge in [-0.1, -0.05) is 19.4 Å². The lowest BCUT2D eigenvalue weighted by Crippen LogP contribution is -2.27. The monoisotopic (exact) mass is 223 g/mol. The van der Waals surface area contributed by atoms with Crippen LogP contribution in [0.15, 0.2) is 23.7 Å². The van der Waals surface area contributed by atoms with Crippen molar-refractivity contribution in [1.82, 2.24) is 4.98 Å². The van der Waals surface area contributed by atoms with Crippen LogP contribution in [0, 0.1) is 5.92 Å². The second kappa shape index (κ2) is 4.45. The van der Waals surface area contributed by atoms with E-state index in [1.165, 1.54) is 24.2 Å². The van der Waals surface area contributed by atoms with E-state index in [1.54, 1.807) is 6.20 Å². The van der Waals surface area contributed by atoms with Crippen molar-refractivity contribution in [1.29, 1.82) is 0 Å². The zero-order valence-corrected chi connectivity index (χ0v) is 9.83. The SMILES string of the molecule is CCCC1C=CC(O)(c2nccs2)CC1. The summed E-state index contributed by atoms with van der Waals surface area (Å²) in [7, 11) is 0. The molecule has 0 amide bonds. The lowest BCUT2D eigenvalue weighted by Gasteiger charge is -2.29. The van der Waals surface area contributed by atoms with Crippen LogP contribution in [0.2, 0.25) is 0 Å². The zero-order chi connectivity index (χ0) is 10.7. The van der Waals surface area contributed by atoms with E-state index in [1.807, 2.05) is 11.5 Å². The highest BCUT2D eigenvalue weighted by Gasteiger charge is 2.32. The Balaban J connectivity index is 2.10. The molecule has 0 bridgehead atoms. The van der Waals surface area contributed by atoms with Crippen LogP contribution in [-0.4, -0.2) is 10.1 Å². The van der Waals surface area contributed by atoms with Crippen LogP contribution in [0.4, 0.5) is 0 Å². The van der Waals surface area contributed by atoms with Gasteiger partial charge in [-0.25, -0.2) is 4.98 Å². The molecule has 0 saturated carbocycles. The zero-order valence-electron chi connectivity index (χ0n) is 9.02. The van der Waals surface area contributed by atoms with Crippen molar-refractivity contribution in [3.05, 3.63) is 28.7 Å². The summed E-state index contributed by atoms with van der Waals surface area (Å²) < 4.78 is 0. The van der Waals surface area contributed by atoms with Crippen molar-refractivity contribution in [3.8, 4) is 0 Å². The first kappa shape index (κ1) is 10.8. The van der Waals surface area contributed by atoms with Crippen LogP contribution < -0.4 is 0 Å². The summed E-state index contributed by atoms with van der Waals surface area (Å²) in [5.41, 5.74) is -0.793. The van der Waals surface area contributed by atoms with Crippen molar-refractivity contribution in [2.24, 2.45) is 5.92 Å². The number of allylic oxidation sites excluding steroid dienone is 1. The molecule has 0 radical (unpaired) electrons. The molecule has 2 nitrogen and oxygen atoms in total. The predicted molar refractivity (Wildman–Crippen MR) is 62.8 cm³/mol. The molecule has 1 aromatic rings. The minimum atomic E-state index is -0.793. The number of hydrogen-bond donors (Lipinski definition) is 1. The molecule has 1 aromatic heterocycles. The molecule has 0 aliphatic heterocycles. The van der Waals surface area contributed by atoms with Gasteiger partial charge >= 0.3 is 0 Å². The summed E-state index contributed by atoms with van der Waals surface area (Å²) in [4.78, 5) is 4.20. The van der Waals surface area contributed by atoms with E-state index in [-0.39, 0.29) is 0 Å². The van der Waals surface area contributed by atoms with Crippen LogP contribution in [0.25, 0.3) is 0 Å². The van der Waals surface area contributed by atoms with Crippen LogP contribution in [0.1, 0.15) is 37.6 Å². The highest BCUT2D eigenvalue weighted by molar-refractivity contribution is 7.09. The Bertz CT molecular complexity index is 333. The molecule has 15 heavy (non-hydrogen) atoms. The lowest BCUT2D eigenvalue weighted by atomic mass is 9.83. The molecule has 1 heterocycles. The third kappa shape index (κ3) is 2.29. The number of nitrogens with zero attached hydrogens (tertiary/aromatic N) is 1. The summed E-state index contributed by atoms with van der Waals surface area (Å²) in [6, 6.07) is 0. The maximum Gasteiger partial charge on any atom is 0.134 e. The van der Waals surface area contributed by atoms with Gasteiger partial charge in [0.2, 0.25) is 0 Å². The Labute approximate surface area is 94.7 Å². The van der Waals surface area contributed by atoms with E-state index in [0.717, 1.165) is 17.8 Å². The molecular weight excluding hydrogens is 206 g/mol. The number of rotatable bonds is 3. The van der Waals surface area contributed by atoms with Gasteiger partial charge in [-0.3, -0.25) is 0 Å². The maximum atomic E-state index is 10.4. The normalized spacial score (nSPS) is 30.7. The number of thiazole rings is 1. The Hall–Kier alpha value is -0.670. The molecule has 2 atom stereocenters. The summed E-state index contributed by atoms with van der Waals surface area (Å²) in [5, 5.41) is 13.1. The van der Waals surface area contributed by atoms with Crippen LogP contribution in [0.5, 0.6) is 0 Å². The van der Waals surface area contributed by atoms with Gasteiger partial charge < -0.3 is 5.11 Å². The second-order valence-corrected chi connectivity index (χ2v) is 5.10. The van der Waals surface area contributed by atoms with E-state index in [0.29, 0.717) is 5.92 Å². The fraction of sp³-hybridized carbons (Fsp3) is 0.583. The number of aromatic nitrogens is 1. The smallest absolute Gasteiger partial charge is 0.134 e. The van der Waals surface area contributed by atoms with E-state index in [4.69, 9.17) is 0 Å². The number of aliphatic hydroxyl groups is 1. The Morgan fingerprint density at radius 1 is 1.67 bits per heavy atom. The van der Waals surface area contributed by atoms with Gasteiger partial charge in [-0.05, 0) is 31.3 Å². The average molecular weight is 223 g/mol. The first-order valence-corrected chi connectivity index (χ1v) is 6.44. The van der Waals surface area contributed by atoms with Crippen LogP contribution in [0.3, 0.4) is 0 Å². The Kier molecular flexibility index (Phi) is 3.22. The molecular formula is C12H17NOS. The molecule has 0 aromatic carbocycles. The molecule has 1 aliphatic carbocycles. The van der Waals surface area contributed by atoms with Crippen LogP contribution >= 0.6 is 11.3 Å². The minimum Gasteiger partial charge on any atom is -0.379 e. The van der Waals surface area contributed by atoms with Crippen molar-refractivity contribution in [2.45, 2.75) is 38.2 Å². The molecule has 0 fully saturated rings. The van der Waals surface area contributed by atoms with Crippen LogP contribution in [-0.2, 0) is 5.60 Å². The van der Waals surface area contributed by atoms with Crippen molar-refractivity contribution < 1.29 is 5.11 Å². The highest BCUT2D eigenvalue weighted by atomic mass is 32.1. The van der Waals surface area contributed by atoms with E-state index >= 15 is 0 Å². The highest BCUT2D eigenvalue weighted by Crippen LogP contribution is 2.36. The molecule has 82 valence electrons. The molecule has 3 heteroatoms. The maximum absolute atomic E-state index is 10.4. The van der Waals surface area contributed by atoms with E-state index in [2.05, 4.69) is 18.0 Å². The van der Waals surface area contributed by atoms with Gasteiger partial charge in [-0.15, -0.1) is 11.3 Å². The average Bonchev–Trinajstić information content (AvgIpc) is 2.76. The first-order valence-electron chi connectivity index (χ1n) is 5.56.